The van der Waals surface area contributed by atoms with Gasteiger partial charge in [-0.05, 0) is 62.8 Å². The molecule has 1 amide bonds. The van der Waals surface area contributed by atoms with Gasteiger partial charge >= 0.3 is 0 Å². The standard InChI is InChI=1S/C25H32N6O4S/c26-36(33,34)17-3-16-35-22-5-1-4-21-20(22)11-15-31(21)23-10-12-27-25(29-23)28-19-8-6-18(7-9-19)24(32)30-13-2-14-30/h1,4-5,10-12,15,18-19H,2-3,6-9,13-14,16-17H2,(H2,26,33,34)(H,27,28,29). The van der Waals surface area contributed by atoms with Gasteiger partial charge in [-0.2, -0.15) is 4.98 Å². The van der Waals surface area contributed by atoms with E-state index in [1.54, 1.807) is 6.20 Å². The van der Waals surface area contributed by atoms with E-state index in [4.69, 9.17) is 14.9 Å². The van der Waals surface area contributed by atoms with Gasteiger partial charge < -0.3 is 19.5 Å². The summed E-state index contributed by atoms with van der Waals surface area (Å²) in [6.07, 6.45) is 8.77. The number of fused-ring (bicyclic) bond motifs is 1. The smallest absolute Gasteiger partial charge is 0.225 e. The van der Waals surface area contributed by atoms with Crippen LogP contribution in [0.1, 0.15) is 38.5 Å². The first-order valence-electron chi connectivity index (χ1n) is 12.5. The lowest BCUT2D eigenvalue weighted by molar-refractivity contribution is -0.140. The van der Waals surface area contributed by atoms with Crippen LogP contribution in [-0.2, 0) is 14.8 Å². The second-order valence-electron chi connectivity index (χ2n) is 9.55. The monoisotopic (exact) mass is 512 g/mol. The number of carbonyl (C=O) groups excluding carboxylic acids is 1. The first kappa shape index (κ1) is 24.5. The Balaban J connectivity index is 1.23. The summed E-state index contributed by atoms with van der Waals surface area (Å²) in [4.78, 5) is 23.6. The number of nitrogens with two attached hydrogens (primary N) is 1. The first-order valence-corrected chi connectivity index (χ1v) is 14.2. The molecule has 1 aliphatic heterocycles. The minimum Gasteiger partial charge on any atom is -0.493 e. The summed E-state index contributed by atoms with van der Waals surface area (Å²) in [5, 5.41) is 9.43. The van der Waals surface area contributed by atoms with Crippen LogP contribution in [0.25, 0.3) is 16.7 Å². The Morgan fingerprint density at radius 1 is 1.14 bits per heavy atom. The molecule has 5 rings (SSSR count). The summed E-state index contributed by atoms with van der Waals surface area (Å²) >= 11 is 0. The number of rotatable bonds is 9. The van der Waals surface area contributed by atoms with Crippen molar-refractivity contribution >= 4 is 32.8 Å². The normalized spacial score (nSPS) is 20.2. The van der Waals surface area contributed by atoms with Gasteiger partial charge in [-0.25, -0.2) is 18.5 Å². The summed E-state index contributed by atoms with van der Waals surface area (Å²) in [6, 6.07) is 9.80. The van der Waals surface area contributed by atoms with Crippen molar-refractivity contribution in [2.24, 2.45) is 11.1 Å². The van der Waals surface area contributed by atoms with Crippen LogP contribution in [0.5, 0.6) is 5.75 Å². The van der Waals surface area contributed by atoms with Crippen molar-refractivity contribution in [3.05, 3.63) is 42.7 Å². The van der Waals surface area contributed by atoms with E-state index in [-0.39, 0.29) is 24.3 Å². The highest BCUT2D eigenvalue weighted by atomic mass is 32.2. The van der Waals surface area contributed by atoms with Crippen LogP contribution in [0.4, 0.5) is 5.95 Å². The van der Waals surface area contributed by atoms with Gasteiger partial charge in [0.2, 0.25) is 21.9 Å². The zero-order valence-corrected chi connectivity index (χ0v) is 21.0. The highest BCUT2D eigenvalue weighted by molar-refractivity contribution is 7.89. The highest BCUT2D eigenvalue weighted by Crippen LogP contribution is 2.30. The SMILES string of the molecule is NS(=O)(=O)CCCOc1cccc2c1ccn2-c1ccnc(NC2CCC(C(=O)N3CCC3)CC2)n1. The van der Waals surface area contributed by atoms with E-state index in [2.05, 4.69) is 10.3 Å². The lowest BCUT2D eigenvalue weighted by Gasteiger charge is -2.36. The van der Waals surface area contributed by atoms with Crippen LogP contribution in [0.2, 0.25) is 0 Å². The molecule has 1 saturated carbocycles. The summed E-state index contributed by atoms with van der Waals surface area (Å²) in [5.74, 6) is 2.34. The maximum Gasteiger partial charge on any atom is 0.225 e. The molecular weight excluding hydrogens is 480 g/mol. The van der Waals surface area contributed by atoms with Crippen molar-refractivity contribution in [1.82, 2.24) is 19.4 Å². The molecule has 11 heteroatoms. The van der Waals surface area contributed by atoms with Crippen molar-refractivity contribution in [3.63, 3.8) is 0 Å². The maximum absolute atomic E-state index is 12.5. The van der Waals surface area contributed by atoms with Gasteiger partial charge in [0.25, 0.3) is 0 Å². The van der Waals surface area contributed by atoms with E-state index < -0.39 is 10.0 Å². The number of sulfonamides is 1. The summed E-state index contributed by atoms with van der Waals surface area (Å²) in [7, 11) is -3.50. The molecule has 2 aromatic heterocycles. The Labute approximate surface area is 210 Å². The number of primary sulfonamides is 1. The molecule has 1 aromatic carbocycles. The average Bonchev–Trinajstić information content (AvgIpc) is 3.26. The first-order chi connectivity index (χ1) is 17.4. The molecule has 3 N–H and O–H groups in total. The number of likely N-dealkylation sites (tertiary alicyclic amines) is 1. The number of anilines is 1. The van der Waals surface area contributed by atoms with Crippen molar-refractivity contribution in [2.45, 2.75) is 44.6 Å². The molecule has 0 atom stereocenters. The fraction of sp³-hybridized carbons (Fsp3) is 0.480. The summed E-state index contributed by atoms with van der Waals surface area (Å²) < 4.78 is 30.1. The number of carbonyl (C=O) groups is 1. The van der Waals surface area contributed by atoms with Gasteiger partial charge in [-0.15, -0.1) is 0 Å². The van der Waals surface area contributed by atoms with Crippen molar-refractivity contribution in [1.29, 1.82) is 0 Å². The van der Waals surface area contributed by atoms with Crippen LogP contribution in [0.15, 0.2) is 42.7 Å². The predicted molar refractivity (Wildman–Crippen MR) is 138 cm³/mol. The number of amides is 1. The van der Waals surface area contributed by atoms with E-state index in [0.29, 0.717) is 24.0 Å². The number of nitrogens with one attached hydrogen (secondary N) is 1. The topological polar surface area (TPSA) is 132 Å². The number of hydrogen-bond donors (Lipinski definition) is 2. The highest BCUT2D eigenvalue weighted by Gasteiger charge is 2.31. The zero-order chi connectivity index (χ0) is 25.1. The molecule has 2 aliphatic rings. The zero-order valence-electron chi connectivity index (χ0n) is 20.2. The number of hydrogen-bond acceptors (Lipinski definition) is 7. The minimum atomic E-state index is -3.50. The minimum absolute atomic E-state index is 0.114. The third-order valence-corrected chi connectivity index (χ3v) is 7.85. The quantitative estimate of drug-likeness (QED) is 0.421. The molecule has 10 nitrogen and oxygen atoms in total. The van der Waals surface area contributed by atoms with Crippen molar-refractivity contribution in [2.75, 3.05) is 30.8 Å². The Morgan fingerprint density at radius 2 is 1.94 bits per heavy atom. The third-order valence-electron chi connectivity index (χ3n) is 6.99. The second kappa shape index (κ2) is 10.4. The Morgan fingerprint density at radius 3 is 2.67 bits per heavy atom. The van der Waals surface area contributed by atoms with Crippen molar-refractivity contribution < 1.29 is 17.9 Å². The van der Waals surface area contributed by atoms with E-state index in [0.717, 1.165) is 61.9 Å². The van der Waals surface area contributed by atoms with Crippen LogP contribution in [0.3, 0.4) is 0 Å². The van der Waals surface area contributed by atoms with E-state index in [1.807, 2.05) is 46.0 Å². The predicted octanol–water partition coefficient (Wildman–Crippen LogP) is 2.68. The molecule has 0 spiro atoms. The molecule has 3 aromatic rings. The molecule has 1 aliphatic carbocycles. The number of benzene rings is 1. The van der Waals surface area contributed by atoms with Gasteiger partial charge in [0.1, 0.15) is 11.6 Å². The number of ether oxygens (including phenoxy) is 1. The third kappa shape index (κ3) is 5.62. The van der Waals surface area contributed by atoms with Gasteiger partial charge in [0.05, 0.1) is 17.9 Å². The molecule has 2 fully saturated rings. The van der Waals surface area contributed by atoms with Crippen LogP contribution in [0, 0.1) is 5.92 Å². The summed E-state index contributed by atoms with van der Waals surface area (Å²) in [6.45, 7) is 2.09. The fourth-order valence-corrected chi connectivity index (χ4v) is 5.44. The van der Waals surface area contributed by atoms with Gasteiger partial charge in [-0.1, -0.05) is 6.07 Å². The van der Waals surface area contributed by atoms with Crippen LogP contribution >= 0.6 is 0 Å². The molecular formula is C25H32N6O4S. The van der Waals surface area contributed by atoms with Crippen LogP contribution in [-0.4, -0.2) is 65.3 Å². The molecule has 1 saturated heterocycles. The molecule has 0 unspecified atom stereocenters. The van der Waals surface area contributed by atoms with Crippen LogP contribution < -0.4 is 15.2 Å². The van der Waals surface area contributed by atoms with Gasteiger partial charge in [0.15, 0.2) is 0 Å². The van der Waals surface area contributed by atoms with Crippen molar-refractivity contribution in [3.8, 4) is 11.6 Å². The molecule has 36 heavy (non-hydrogen) atoms. The van der Waals surface area contributed by atoms with E-state index >= 15 is 0 Å². The van der Waals surface area contributed by atoms with E-state index in [9.17, 15) is 13.2 Å². The van der Waals surface area contributed by atoms with Gasteiger partial charge in [0, 0.05) is 42.8 Å². The molecule has 192 valence electrons. The Hall–Kier alpha value is -3.18. The Kier molecular flexibility index (Phi) is 7.10. The van der Waals surface area contributed by atoms with E-state index in [1.165, 1.54) is 0 Å². The summed E-state index contributed by atoms with van der Waals surface area (Å²) in [5.41, 5.74) is 0.925. The average molecular weight is 513 g/mol. The largest absolute Gasteiger partial charge is 0.493 e. The molecule has 3 heterocycles. The lowest BCUT2D eigenvalue weighted by Crippen LogP contribution is -2.46. The second-order valence-corrected chi connectivity index (χ2v) is 11.3. The molecule has 0 bridgehead atoms. The van der Waals surface area contributed by atoms with Gasteiger partial charge in [-0.3, -0.25) is 4.79 Å². The Bertz CT molecular complexity index is 1330. The lowest BCUT2D eigenvalue weighted by atomic mass is 9.84. The number of nitrogens with zero attached hydrogens (tertiary/aromatic N) is 4. The fourth-order valence-electron chi connectivity index (χ4n) is 4.92. The maximum atomic E-state index is 12.5. The molecule has 0 radical (unpaired) electrons. The number of aromatic nitrogens is 3.